The molecule has 4 heterocycles. The lowest BCUT2D eigenvalue weighted by atomic mass is 9.97. The third-order valence-corrected chi connectivity index (χ3v) is 7.79. The van der Waals surface area contributed by atoms with Gasteiger partial charge in [0, 0.05) is 44.1 Å². The molecule has 2 aromatic carbocycles. The number of amides is 1. The second kappa shape index (κ2) is 10.6. The van der Waals surface area contributed by atoms with Crippen molar-refractivity contribution in [2.75, 3.05) is 26.3 Å². The Kier molecular flexibility index (Phi) is 6.86. The molecule has 0 bridgehead atoms. The number of hydrogen-bond donors (Lipinski definition) is 1. The van der Waals surface area contributed by atoms with Gasteiger partial charge in [0.25, 0.3) is 0 Å². The molecule has 0 spiro atoms. The van der Waals surface area contributed by atoms with Crippen LogP contribution >= 0.6 is 0 Å². The van der Waals surface area contributed by atoms with Crippen LogP contribution in [0.5, 0.6) is 5.88 Å². The minimum Gasteiger partial charge on any atom is -0.472 e. The first-order valence-corrected chi connectivity index (χ1v) is 13.4. The highest BCUT2D eigenvalue weighted by Gasteiger charge is 2.30. The van der Waals surface area contributed by atoms with Gasteiger partial charge in [-0.05, 0) is 48.6 Å². The fourth-order valence-corrected chi connectivity index (χ4v) is 5.54. The Balaban J connectivity index is 1.48. The standard InChI is InChI=1S/C29H29FN6O4/c1-34-25-5-4-19(12-22(25)15-32-34)26-27(20-2-3-21(14-31)24(30)13-20)33-36(28(26)40-23-8-11-39-17-23)16-18-6-9-35(10-7-18)29(37)38/h2-5,12-13,15,18,23H,6-11,16-17H2,1H3,(H,37,38). The van der Waals surface area contributed by atoms with Gasteiger partial charge in [-0.1, -0.05) is 12.1 Å². The van der Waals surface area contributed by atoms with E-state index in [1.54, 1.807) is 16.9 Å². The first-order valence-electron chi connectivity index (χ1n) is 13.4. The first-order chi connectivity index (χ1) is 19.4. The molecule has 2 aromatic heterocycles. The summed E-state index contributed by atoms with van der Waals surface area (Å²) in [5, 5.41) is 28.9. The van der Waals surface area contributed by atoms with Crippen molar-refractivity contribution in [2.45, 2.75) is 31.9 Å². The van der Waals surface area contributed by atoms with E-state index in [2.05, 4.69) is 5.10 Å². The number of nitrogens with zero attached hydrogens (tertiary/aromatic N) is 6. The van der Waals surface area contributed by atoms with E-state index in [1.165, 1.54) is 17.0 Å². The quantitative estimate of drug-likeness (QED) is 0.375. The predicted octanol–water partition coefficient (Wildman–Crippen LogP) is 4.67. The van der Waals surface area contributed by atoms with Crippen molar-refractivity contribution in [3.05, 3.63) is 54.0 Å². The van der Waals surface area contributed by atoms with Crippen molar-refractivity contribution in [1.29, 1.82) is 5.26 Å². The molecule has 2 saturated heterocycles. The molecule has 1 N–H and O–H groups in total. The molecule has 0 saturated carbocycles. The minimum absolute atomic E-state index is 0.0359. The van der Waals surface area contributed by atoms with E-state index >= 15 is 0 Å². The van der Waals surface area contributed by atoms with Crippen LogP contribution in [0.15, 0.2) is 42.6 Å². The number of hydrogen-bond acceptors (Lipinski definition) is 6. The normalized spacial score (nSPS) is 17.8. The summed E-state index contributed by atoms with van der Waals surface area (Å²) in [7, 11) is 1.88. The molecule has 4 aromatic rings. The zero-order chi connectivity index (χ0) is 27.8. The van der Waals surface area contributed by atoms with Crippen LogP contribution in [0.1, 0.15) is 24.8 Å². The fraction of sp³-hybridized carbons (Fsp3) is 0.379. The van der Waals surface area contributed by atoms with Crippen LogP contribution in [-0.2, 0) is 18.3 Å². The first kappa shape index (κ1) is 25.8. The van der Waals surface area contributed by atoms with E-state index in [1.807, 2.05) is 36.0 Å². The van der Waals surface area contributed by atoms with Crippen molar-refractivity contribution >= 4 is 17.0 Å². The van der Waals surface area contributed by atoms with Gasteiger partial charge in [0.15, 0.2) is 0 Å². The number of fused-ring (bicyclic) bond motifs is 1. The lowest BCUT2D eigenvalue weighted by Gasteiger charge is -2.30. The highest BCUT2D eigenvalue weighted by molar-refractivity contribution is 5.91. The van der Waals surface area contributed by atoms with E-state index in [9.17, 15) is 19.6 Å². The summed E-state index contributed by atoms with van der Waals surface area (Å²) in [6, 6.07) is 12.4. The average Bonchev–Trinajstić information content (AvgIpc) is 3.69. The summed E-state index contributed by atoms with van der Waals surface area (Å²) in [4.78, 5) is 12.9. The topological polar surface area (TPSA) is 118 Å². The highest BCUT2D eigenvalue weighted by Crippen LogP contribution is 2.42. The Morgan fingerprint density at radius 2 is 2.00 bits per heavy atom. The SMILES string of the molecule is Cn1ncc2cc(-c3c(-c4ccc(C#N)c(F)c4)nn(CC4CCN(C(=O)O)CC4)c3OC3CCOC3)ccc21. The van der Waals surface area contributed by atoms with Gasteiger partial charge < -0.3 is 19.5 Å². The molecule has 206 valence electrons. The lowest BCUT2D eigenvalue weighted by Crippen LogP contribution is -2.38. The Bertz CT molecular complexity index is 1610. The Morgan fingerprint density at radius 3 is 2.70 bits per heavy atom. The van der Waals surface area contributed by atoms with Gasteiger partial charge in [-0.2, -0.15) is 15.5 Å². The minimum atomic E-state index is -0.902. The van der Waals surface area contributed by atoms with Gasteiger partial charge in [-0.25, -0.2) is 13.9 Å². The van der Waals surface area contributed by atoms with Crippen LogP contribution in [0, 0.1) is 23.1 Å². The highest BCUT2D eigenvalue weighted by atomic mass is 19.1. The number of benzene rings is 2. The number of piperidine rings is 1. The van der Waals surface area contributed by atoms with Crippen molar-refractivity contribution in [1.82, 2.24) is 24.5 Å². The van der Waals surface area contributed by atoms with Gasteiger partial charge in [-0.3, -0.25) is 4.68 Å². The smallest absolute Gasteiger partial charge is 0.407 e. The van der Waals surface area contributed by atoms with Gasteiger partial charge in [0.1, 0.15) is 23.7 Å². The second-order valence-corrected chi connectivity index (χ2v) is 10.4. The van der Waals surface area contributed by atoms with Gasteiger partial charge in [0.2, 0.25) is 5.88 Å². The Hall–Kier alpha value is -4.43. The monoisotopic (exact) mass is 544 g/mol. The molecule has 2 aliphatic rings. The summed E-state index contributed by atoms with van der Waals surface area (Å²) >= 11 is 0. The number of aromatic nitrogens is 4. The summed E-state index contributed by atoms with van der Waals surface area (Å²) in [6.45, 7) is 2.52. The maximum absolute atomic E-state index is 14.8. The number of ether oxygens (including phenoxy) is 2. The molecule has 1 unspecified atom stereocenters. The van der Waals surface area contributed by atoms with Crippen LogP contribution < -0.4 is 4.74 Å². The third kappa shape index (κ3) is 4.86. The Labute approximate surface area is 230 Å². The molecular formula is C29H29FN6O4. The van der Waals surface area contributed by atoms with Gasteiger partial charge in [-0.15, -0.1) is 0 Å². The number of aryl methyl sites for hydroxylation is 1. The van der Waals surface area contributed by atoms with Crippen LogP contribution in [0.2, 0.25) is 0 Å². The van der Waals surface area contributed by atoms with E-state index in [4.69, 9.17) is 14.6 Å². The second-order valence-electron chi connectivity index (χ2n) is 10.4. The molecule has 1 atom stereocenters. The molecule has 11 heteroatoms. The molecule has 1 amide bonds. The van der Waals surface area contributed by atoms with Crippen LogP contribution in [0.4, 0.5) is 9.18 Å². The summed E-state index contributed by atoms with van der Waals surface area (Å²) in [5.41, 5.74) is 3.59. The number of nitriles is 1. The van der Waals surface area contributed by atoms with E-state index in [0.717, 1.165) is 28.5 Å². The molecular weight excluding hydrogens is 515 g/mol. The third-order valence-electron chi connectivity index (χ3n) is 7.79. The van der Waals surface area contributed by atoms with Gasteiger partial charge in [0.05, 0.1) is 36.1 Å². The summed E-state index contributed by atoms with van der Waals surface area (Å²) in [6.07, 6.45) is 2.89. The van der Waals surface area contributed by atoms with Crippen molar-refractivity contribution in [3.8, 4) is 34.3 Å². The van der Waals surface area contributed by atoms with Crippen molar-refractivity contribution < 1.29 is 23.8 Å². The molecule has 10 nitrogen and oxygen atoms in total. The van der Waals surface area contributed by atoms with Crippen LogP contribution in [-0.4, -0.2) is 68.1 Å². The van der Waals surface area contributed by atoms with E-state index in [0.29, 0.717) is 62.8 Å². The molecule has 6 rings (SSSR count). The molecule has 0 aliphatic carbocycles. The van der Waals surface area contributed by atoms with Crippen molar-refractivity contribution in [2.24, 2.45) is 13.0 Å². The van der Waals surface area contributed by atoms with Crippen LogP contribution in [0.3, 0.4) is 0 Å². The maximum atomic E-state index is 14.8. The summed E-state index contributed by atoms with van der Waals surface area (Å²) < 4.78 is 30.6. The zero-order valence-electron chi connectivity index (χ0n) is 22.1. The average molecular weight is 545 g/mol. The fourth-order valence-electron chi connectivity index (χ4n) is 5.54. The van der Waals surface area contributed by atoms with Crippen LogP contribution in [0.25, 0.3) is 33.3 Å². The molecule has 2 fully saturated rings. The molecule has 40 heavy (non-hydrogen) atoms. The zero-order valence-corrected chi connectivity index (χ0v) is 22.1. The van der Waals surface area contributed by atoms with Crippen molar-refractivity contribution in [3.63, 3.8) is 0 Å². The van der Waals surface area contributed by atoms with E-state index < -0.39 is 11.9 Å². The number of carboxylic acid groups (broad SMARTS) is 1. The maximum Gasteiger partial charge on any atom is 0.407 e. The molecule has 2 aliphatic heterocycles. The number of rotatable bonds is 6. The number of carbonyl (C=O) groups is 1. The Morgan fingerprint density at radius 1 is 1.20 bits per heavy atom. The predicted molar refractivity (Wildman–Crippen MR) is 144 cm³/mol. The lowest BCUT2D eigenvalue weighted by molar-refractivity contribution is 0.115. The summed E-state index contributed by atoms with van der Waals surface area (Å²) in [5.74, 6) is 0.145. The number of halogens is 1. The number of likely N-dealkylation sites (tertiary alicyclic amines) is 1. The van der Waals surface area contributed by atoms with Gasteiger partial charge >= 0.3 is 6.09 Å². The molecule has 0 radical (unpaired) electrons. The largest absolute Gasteiger partial charge is 0.472 e. The van der Waals surface area contributed by atoms with E-state index in [-0.39, 0.29) is 17.6 Å².